The Morgan fingerprint density at radius 1 is 1.39 bits per heavy atom. The van der Waals surface area contributed by atoms with Crippen LogP contribution in [-0.4, -0.2) is 57.0 Å². The van der Waals surface area contributed by atoms with Crippen molar-refractivity contribution in [2.45, 2.75) is 39.0 Å². The largest absolute Gasteiger partial charge is 0.497 e. The number of hydrogen-bond acceptors (Lipinski definition) is 5. The van der Waals surface area contributed by atoms with Crippen LogP contribution in [0.25, 0.3) is 0 Å². The molecule has 2 atom stereocenters. The highest BCUT2D eigenvalue weighted by Crippen LogP contribution is 2.36. The molecule has 0 radical (unpaired) electrons. The van der Waals surface area contributed by atoms with Gasteiger partial charge >= 0.3 is 0 Å². The molecule has 2 aliphatic heterocycles. The number of nitrogens with one attached hydrogen (secondary N) is 1. The monoisotopic (exact) mass is 320 g/mol. The van der Waals surface area contributed by atoms with Crippen molar-refractivity contribution in [3.8, 4) is 11.5 Å². The van der Waals surface area contributed by atoms with Crippen molar-refractivity contribution in [1.29, 1.82) is 0 Å². The second-order valence-corrected chi connectivity index (χ2v) is 6.42. The molecule has 0 amide bonds. The lowest BCUT2D eigenvalue weighted by molar-refractivity contribution is -0.0254. The number of benzene rings is 1. The van der Waals surface area contributed by atoms with Gasteiger partial charge in [-0.3, -0.25) is 4.90 Å². The fourth-order valence-electron chi connectivity index (χ4n) is 3.39. The Morgan fingerprint density at radius 2 is 2.26 bits per heavy atom. The maximum Gasteiger partial charge on any atom is 0.127 e. The number of morpholine rings is 1. The standard InChI is InChI=1S/C18H28N2O3/c1-4-20-5-6-22-17(12-20)11-19-10-15-9-16(21-3)8-14-7-13(2)23-18(14)15/h8-9,13,17,19H,4-7,10-12H2,1-3H3/t13-,17+/m1/s1. The molecule has 3 rings (SSSR count). The van der Waals surface area contributed by atoms with Crippen LogP contribution in [0, 0.1) is 0 Å². The molecule has 128 valence electrons. The number of ether oxygens (including phenoxy) is 3. The molecule has 2 heterocycles. The number of rotatable bonds is 6. The molecule has 0 spiro atoms. The lowest BCUT2D eigenvalue weighted by Gasteiger charge is -2.32. The van der Waals surface area contributed by atoms with Crippen LogP contribution in [0.3, 0.4) is 0 Å². The topological polar surface area (TPSA) is 43.0 Å². The van der Waals surface area contributed by atoms with Crippen molar-refractivity contribution < 1.29 is 14.2 Å². The van der Waals surface area contributed by atoms with Gasteiger partial charge in [0.25, 0.3) is 0 Å². The maximum atomic E-state index is 5.98. The average Bonchev–Trinajstić information content (AvgIpc) is 2.95. The van der Waals surface area contributed by atoms with Crippen molar-refractivity contribution in [3.63, 3.8) is 0 Å². The van der Waals surface area contributed by atoms with Crippen molar-refractivity contribution in [2.24, 2.45) is 0 Å². The van der Waals surface area contributed by atoms with E-state index in [1.807, 2.05) is 0 Å². The molecule has 0 aromatic heterocycles. The Balaban J connectivity index is 1.59. The Bertz CT molecular complexity index is 535. The van der Waals surface area contributed by atoms with Crippen LogP contribution in [0.4, 0.5) is 0 Å². The molecule has 2 aliphatic rings. The molecule has 1 saturated heterocycles. The number of nitrogens with zero attached hydrogens (tertiary/aromatic N) is 1. The molecule has 0 aliphatic carbocycles. The minimum absolute atomic E-state index is 0.246. The number of methoxy groups -OCH3 is 1. The molecular formula is C18H28N2O3. The van der Waals surface area contributed by atoms with Crippen LogP contribution < -0.4 is 14.8 Å². The first-order chi connectivity index (χ1) is 11.2. The molecular weight excluding hydrogens is 292 g/mol. The van der Waals surface area contributed by atoms with E-state index in [9.17, 15) is 0 Å². The number of likely N-dealkylation sites (N-methyl/N-ethyl adjacent to an activating group) is 1. The van der Waals surface area contributed by atoms with Crippen molar-refractivity contribution in [2.75, 3.05) is 39.9 Å². The van der Waals surface area contributed by atoms with E-state index in [2.05, 4.69) is 36.2 Å². The lowest BCUT2D eigenvalue weighted by Crippen LogP contribution is -2.46. The van der Waals surface area contributed by atoms with Gasteiger partial charge in [0, 0.05) is 43.7 Å². The molecule has 5 nitrogen and oxygen atoms in total. The smallest absolute Gasteiger partial charge is 0.127 e. The summed E-state index contributed by atoms with van der Waals surface area (Å²) < 4.78 is 17.2. The average molecular weight is 320 g/mol. The van der Waals surface area contributed by atoms with Crippen LogP contribution in [0.15, 0.2) is 12.1 Å². The van der Waals surface area contributed by atoms with Crippen molar-refractivity contribution in [3.05, 3.63) is 23.3 Å². The normalized spacial score (nSPS) is 24.3. The molecule has 1 fully saturated rings. The summed E-state index contributed by atoms with van der Waals surface area (Å²) in [5.74, 6) is 1.94. The van der Waals surface area contributed by atoms with Crippen LogP contribution in [-0.2, 0) is 17.7 Å². The van der Waals surface area contributed by atoms with E-state index in [4.69, 9.17) is 14.2 Å². The van der Waals surface area contributed by atoms with Crippen LogP contribution >= 0.6 is 0 Å². The molecule has 5 heteroatoms. The van der Waals surface area contributed by atoms with E-state index >= 15 is 0 Å². The highest BCUT2D eigenvalue weighted by molar-refractivity contribution is 5.49. The molecule has 1 aromatic rings. The minimum Gasteiger partial charge on any atom is -0.497 e. The first kappa shape index (κ1) is 16.6. The third-order valence-electron chi connectivity index (χ3n) is 4.64. The third-order valence-corrected chi connectivity index (χ3v) is 4.64. The van der Waals surface area contributed by atoms with E-state index in [1.165, 1.54) is 11.1 Å². The van der Waals surface area contributed by atoms with Gasteiger partial charge in [-0.05, 0) is 25.6 Å². The molecule has 23 heavy (non-hydrogen) atoms. The summed E-state index contributed by atoms with van der Waals surface area (Å²) in [4.78, 5) is 2.43. The van der Waals surface area contributed by atoms with Gasteiger partial charge in [0.1, 0.15) is 17.6 Å². The SMILES string of the molecule is CCN1CCO[C@@H](CNCc2cc(OC)cc3c2O[C@H](C)C3)C1. The van der Waals surface area contributed by atoms with Gasteiger partial charge in [0.2, 0.25) is 0 Å². The molecule has 1 N–H and O–H groups in total. The van der Waals surface area contributed by atoms with E-state index in [1.54, 1.807) is 7.11 Å². The summed E-state index contributed by atoms with van der Waals surface area (Å²) in [6, 6.07) is 4.16. The fourth-order valence-corrected chi connectivity index (χ4v) is 3.39. The van der Waals surface area contributed by atoms with Gasteiger partial charge in [0.15, 0.2) is 0 Å². The first-order valence-electron chi connectivity index (χ1n) is 8.60. The summed E-state index contributed by atoms with van der Waals surface area (Å²) in [6.45, 7) is 9.92. The third kappa shape index (κ3) is 3.97. The van der Waals surface area contributed by atoms with E-state index in [-0.39, 0.29) is 12.2 Å². The molecule has 0 bridgehead atoms. The van der Waals surface area contributed by atoms with Crippen LogP contribution in [0.5, 0.6) is 11.5 Å². The summed E-state index contributed by atoms with van der Waals surface area (Å²) in [5.41, 5.74) is 2.42. The predicted molar refractivity (Wildman–Crippen MR) is 90.3 cm³/mol. The predicted octanol–water partition coefficient (Wildman–Crippen LogP) is 1.83. The first-order valence-corrected chi connectivity index (χ1v) is 8.60. The van der Waals surface area contributed by atoms with E-state index < -0.39 is 0 Å². The maximum absolute atomic E-state index is 5.98. The second-order valence-electron chi connectivity index (χ2n) is 6.42. The summed E-state index contributed by atoms with van der Waals surface area (Å²) in [6.07, 6.45) is 1.47. The van der Waals surface area contributed by atoms with Gasteiger partial charge < -0.3 is 19.5 Å². The molecule has 0 unspecified atom stereocenters. The van der Waals surface area contributed by atoms with Gasteiger partial charge in [-0.15, -0.1) is 0 Å². The van der Waals surface area contributed by atoms with Crippen LogP contribution in [0.2, 0.25) is 0 Å². The second kappa shape index (κ2) is 7.51. The van der Waals surface area contributed by atoms with Crippen LogP contribution in [0.1, 0.15) is 25.0 Å². The Morgan fingerprint density at radius 3 is 3.04 bits per heavy atom. The minimum atomic E-state index is 0.246. The summed E-state index contributed by atoms with van der Waals surface area (Å²) >= 11 is 0. The van der Waals surface area contributed by atoms with Crippen molar-refractivity contribution >= 4 is 0 Å². The Kier molecular flexibility index (Phi) is 5.41. The summed E-state index contributed by atoms with van der Waals surface area (Å²) in [7, 11) is 1.72. The van der Waals surface area contributed by atoms with Crippen molar-refractivity contribution in [1.82, 2.24) is 10.2 Å². The highest BCUT2D eigenvalue weighted by Gasteiger charge is 2.24. The van der Waals surface area contributed by atoms with E-state index in [0.717, 1.165) is 57.3 Å². The van der Waals surface area contributed by atoms with Gasteiger partial charge in [-0.1, -0.05) is 6.92 Å². The Labute approximate surface area is 138 Å². The number of hydrogen-bond donors (Lipinski definition) is 1. The van der Waals surface area contributed by atoms with Gasteiger partial charge in [-0.25, -0.2) is 0 Å². The zero-order valence-corrected chi connectivity index (χ0v) is 14.4. The quantitative estimate of drug-likeness (QED) is 0.866. The van der Waals surface area contributed by atoms with E-state index in [0.29, 0.717) is 0 Å². The molecule has 0 saturated carbocycles. The molecule has 1 aromatic carbocycles. The zero-order chi connectivity index (χ0) is 16.2. The Hall–Kier alpha value is -1.30. The lowest BCUT2D eigenvalue weighted by atomic mass is 10.1. The highest BCUT2D eigenvalue weighted by atomic mass is 16.5. The van der Waals surface area contributed by atoms with Gasteiger partial charge in [-0.2, -0.15) is 0 Å². The summed E-state index contributed by atoms with van der Waals surface area (Å²) in [5, 5.41) is 3.52. The number of fused-ring (bicyclic) bond motifs is 1. The van der Waals surface area contributed by atoms with Gasteiger partial charge in [0.05, 0.1) is 19.8 Å². The zero-order valence-electron chi connectivity index (χ0n) is 14.4. The fraction of sp³-hybridized carbons (Fsp3) is 0.667.